The highest BCUT2D eigenvalue weighted by atomic mass is 35.5. The van der Waals surface area contributed by atoms with E-state index in [-0.39, 0.29) is 20.8 Å². The SMILES string of the molecule is OC(COc1c(Cl)cc(Cl)cc1Cl)(c1ccc2c(cnn2C2=CCCC=C2)c1)C(F)(F)F. The van der Waals surface area contributed by atoms with Gasteiger partial charge < -0.3 is 9.84 Å². The summed E-state index contributed by atoms with van der Waals surface area (Å²) in [5.41, 5.74) is -2.27. The third-order valence-electron chi connectivity index (χ3n) is 5.12. The number of allylic oxidation sites excluding steroid dienone is 4. The molecule has 1 heterocycles. The molecule has 0 saturated heterocycles. The van der Waals surface area contributed by atoms with Crippen molar-refractivity contribution in [1.29, 1.82) is 0 Å². The predicted octanol–water partition coefficient (Wildman–Crippen LogP) is 7.02. The van der Waals surface area contributed by atoms with Crippen LogP contribution in [0.2, 0.25) is 15.1 Å². The molecular weight excluding hydrogens is 488 g/mol. The van der Waals surface area contributed by atoms with Gasteiger partial charge in [-0.2, -0.15) is 18.3 Å². The van der Waals surface area contributed by atoms with Crippen molar-refractivity contribution in [1.82, 2.24) is 9.78 Å². The van der Waals surface area contributed by atoms with Crippen LogP contribution in [0.3, 0.4) is 0 Å². The summed E-state index contributed by atoms with van der Waals surface area (Å²) in [6.45, 7) is -1.16. The number of nitrogens with zero attached hydrogens (tertiary/aromatic N) is 2. The van der Waals surface area contributed by atoms with Crippen LogP contribution in [0.15, 0.2) is 54.8 Å². The van der Waals surface area contributed by atoms with Crippen molar-refractivity contribution in [3.8, 4) is 5.75 Å². The maximum absolute atomic E-state index is 14.0. The van der Waals surface area contributed by atoms with Crippen molar-refractivity contribution in [2.75, 3.05) is 6.61 Å². The number of fused-ring (bicyclic) bond motifs is 1. The molecule has 2 aromatic carbocycles. The van der Waals surface area contributed by atoms with Gasteiger partial charge in [0.05, 0.1) is 27.5 Å². The summed E-state index contributed by atoms with van der Waals surface area (Å²) in [7, 11) is 0. The van der Waals surface area contributed by atoms with Gasteiger partial charge in [0.25, 0.3) is 0 Å². The van der Waals surface area contributed by atoms with E-state index >= 15 is 0 Å². The molecule has 1 aromatic heterocycles. The summed E-state index contributed by atoms with van der Waals surface area (Å²) >= 11 is 17.8. The van der Waals surface area contributed by atoms with Crippen LogP contribution in [-0.2, 0) is 5.60 Å². The van der Waals surface area contributed by atoms with Crippen molar-refractivity contribution in [2.24, 2.45) is 0 Å². The molecule has 10 heteroatoms. The van der Waals surface area contributed by atoms with Gasteiger partial charge >= 0.3 is 6.18 Å². The molecule has 0 amide bonds. The van der Waals surface area contributed by atoms with E-state index in [1.807, 2.05) is 18.2 Å². The fourth-order valence-electron chi connectivity index (χ4n) is 3.42. The van der Waals surface area contributed by atoms with Crippen LogP contribution in [0.5, 0.6) is 5.75 Å². The molecule has 1 N–H and O–H groups in total. The quantitative estimate of drug-likeness (QED) is 0.407. The van der Waals surface area contributed by atoms with Crippen molar-refractivity contribution in [3.63, 3.8) is 0 Å². The number of hydrogen-bond donors (Lipinski definition) is 1. The molecule has 4 rings (SSSR count). The Morgan fingerprint density at radius 2 is 1.78 bits per heavy atom. The molecule has 0 spiro atoms. The standard InChI is InChI=1S/C22H16Cl3F3N2O2/c23-15-9-17(24)20(18(25)10-15)32-12-21(31,22(26,27)28)14-6-7-19-13(8-14)11-29-30(19)16-4-2-1-3-5-16/h2,4-11,31H,1,3,12H2. The van der Waals surface area contributed by atoms with E-state index in [1.165, 1.54) is 36.5 Å². The molecule has 0 radical (unpaired) electrons. The Morgan fingerprint density at radius 3 is 2.41 bits per heavy atom. The number of aliphatic hydroxyl groups is 1. The lowest BCUT2D eigenvalue weighted by Gasteiger charge is -2.31. The zero-order valence-electron chi connectivity index (χ0n) is 16.3. The molecule has 0 saturated carbocycles. The Balaban J connectivity index is 1.70. The van der Waals surface area contributed by atoms with E-state index in [2.05, 4.69) is 5.10 Å². The lowest BCUT2D eigenvalue weighted by atomic mass is 9.93. The third kappa shape index (κ3) is 4.22. The largest absolute Gasteiger partial charge is 0.487 e. The maximum atomic E-state index is 14.0. The molecule has 1 aliphatic carbocycles. The Bertz CT molecular complexity index is 1210. The van der Waals surface area contributed by atoms with Gasteiger partial charge in [0, 0.05) is 10.4 Å². The lowest BCUT2D eigenvalue weighted by molar-refractivity contribution is -0.275. The van der Waals surface area contributed by atoms with Crippen molar-refractivity contribution in [3.05, 3.63) is 75.4 Å². The van der Waals surface area contributed by atoms with E-state index in [0.717, 1.165) is 18.5 Å². The van der Waals surface area contributed by atoms with Crippen LogP contribution in [0.25, 0.3) is 16.6 Å². The monoisotopic (exact) mass is 502 g/mol. The molecule has 0 aliphatic heterocycles. The van der Waals surface area contributed by atoms with Crippen molar-refractivity contribution in [2.45, 2.75) is 24.6 Å². The smallest absolute Gasteiger partial charge is 0.424 e. The number of rotatable bonds is 5. The minimum Gasteiger partial charge on any atom is -0.487 e. The minimum atomic E-state index is -5.04. The highest BCUT2D eigenvalue weighted by molar-refractivity contribution is 6.40. The fraction of sp³-hybridized carbons (Fsp3) is 0.227. The fourth-order valence-corrected chi connectivity index (χ4v) is 4.35. The molecule has 3 aromatic rings. The number of alkyl halides is 3. The molecule has 1 atom stereocenters. The van der Waals surface area contributed by atoms with Gasteiger partial charge in [0.2, 0.25) is 5.60 Å². The van der Waals surface area contributed by atoms with Crippen LogP contribution in [-0.4, -0.2) is 27.7 Å². The summed E-state index contributed by atoms with van der Waals surface area (Å²) in [4.78, 5) is 0. The highest BCUT2D eigenvalue weighted by Crippen LogP contribution is 2.42. The molecule has 32 heavy (non-hydrogen) atoms. The lowest BCUT2D eigenvalue weighted by Crippen LogP contribution is -2.47. The second-order valence-corrected chi connectivity index (χ2v) is 8.53. The van der Waals surface area contributed by atoms with Crippen LogP contribution in [0, 0.1) is 0 Å². The first-order valence-electron chi connectivity index (χ1n) is 9.52. The van der Waals surface area contributed by atoms with E-state index in [4.69, 9.17) is 39.5 Å². The van der Waals surface area contributed by atoms with E-state index in [9.17, 15) is 18.3 Å². The second kappa shape index (κ2) is 8.63. The number of aromatic nitrogens is 2. The first-order chi connectivity index (χ1) is 15.1. The average Bonchev–Trinajstić information content (AvgIpc) is 3.16. The van der Waals surface area contributed by atoms with E-state index in [1.54, 1.807) is 4.68 Å². The Hall–Kier alpha value is -2.19. The topological polar surface area (TPSA) is 47.3 Å². The summed E-state index contributed by atoms with van der Waals surface area (Å²) in [5, 5.41) is 15.5. The molecule has 0 bridgehead atoms. The molecule has 4 nitrogen and oxygen atoms in total. The number of benzene rings is 2. The number of hydrogen-bond acceptors (Lipinski definition) is 3. The van der Waals surface area contributed by atoms with Gasteiger partial charge in [0.1, 0.15) is 6.61 Å². The number of ether oxygens (including phenoxy) is 1. The normalized spacial score (nSPS) is 16.2. The average molecular weight is 504 g/mol. The minimum absolute atomic E-state index is 0.0717. The van der Waals surface area contributed by atoms with Crippen LogP contribution in [0.1, 0.15) is 18.4 Å². The zero-order valence-corrected chi connectivity index (χ0v) is 18.6. The highest BCUT2D eigenvalue weighted by Gasteiger charge is 2.56. The van der Waals surface area contributed by atoms with Crippen LogP contribution >= 0.6 is 34.8 Å². The first kappa shape index (κ1) is 23.0. The zero-order chi connectivity index (χ0) is 23.1. The summed E-state index contributed by atoms with van der Waals surface area (Å²) in [6, 6.07) is 6.50. The van der Waals surface area contributed by atoms with Gasteiger partial charge in [0.15, 0.2) is 5.75 Å². The Kier molecular flexibility index (Phi) is 6.20. The Morgan fingerprint density at radius 1 is 1.06 bits per heavy atom. The first-order valence-corrected chi connectivity index (χ1v) is 10.7. The predicted molar refractivity (Wildman–Crippen MR) is 119 cm³/mol. The van der Waals surface area contributed by atoms with Crippen LogP contribution in [0.4, 0.5) is 13.2 Å². The molecule has 0 fully saturated rings. The van der Waals surface area contributed by atoms with Gasteiger partial charge in [-0.15, -0.1) is 0 Å². The maximum Gasteiger partial charge on any atom is 0.424 e. The molecular formula is C22H16Cl3F3N2O2. The van der Waals surface area contributed by atoms with Crippen molar-refractivity contribution < 1.29 is 23.0 Å². The molecule has 168 valence electrons. The van der Waals surface area contributed by atoms with E-state index < -0.39 is 23.9 Å². The molecule has 1 unspecified atom stereocenters. The third-order valence-corrected chi connectivity index (χ3v) is 5.90. The van der Waals surface area contributed by atoms with Crippen LogP contribution < -0.4 is 4.74 Å². The summed E-state index contributed by atoms with van der Waals surface area (Å²) in [5.74, 6) is -0.203. The van der Waals surface area contributed by atoms with Gasteiger partial charge in [-0.3, -0.25) is 0 Å². The molecule has 1 aliphatic rings. The van der Waals surface area contributed by atoms with Gasteiger partial charge in [-0.1, -0.05) is 53.0 Å². The van der Waals surface area contributed by atoms with Crippen molar-refractivity contribution >= 4 is 51.4 Å². The number of halogens is 6. The van der Waals surface area contributed by atoms with Gasteiger partial charge in [-0.05, 0) is 48.7 Å². The van der Waals surface area contributed by atoms with E-state index in [0.29, 0.717) is 10.9 Å². The second-order valence-electron chi connectivity index (χ2n) is 7.28. The summed E-state index contributed by atoms with van der Waals surface area (Å²) < 4.78 is 48.9. The van der Waals surface area contributed by atoms with Gasteiger partial charge in [-0.25, -0.2) is 4.68 Å². The Labute approximate surface area is 196 Å². The summed E-state index contributed by atoms with van der Waals surface area (Å²) in [6.07, 6.45) is 4.09.